The highest BCUT2D eigenvalue weighted by Crippen LogP contribution is 2.37. The van der Waals surface area contributed by atoms with Crippen molar-refractivity contribution in [3.8, 4) is 17.2 Å². The van der Waals surface area contributed by atoms with Gasteiger partial charge >= 0.3 is 0 Å². The molecule has 0 unspecified atom stereocenters. The van der Waals surface area contributed by atoms with E-state index in [-0.39, 0.29) is 11.6 Å². The van der Waals surface area contributed by atoms with E-state index in [9.17, 15) is 4.79 Å². The lowest BCUT2D eigenvalue weighted by molar-refractivity contribution is 0.0958. The first kappa shape index (κ1) is 15.4. The molecule has 0 spiro atoms. The smallest absolute Gasteiger partial charge is 0.269 e. The van der Waals surface area contributed by atoms with Crippen molar-refractivity contribution in [2.45, 2.75) is 0 Å². The maximum Gasteiger partial charge on any atom is 0.269 e. The van der Waals surface area contributed by atoms with Gasteiger partial charge in [0.05, 0.1) is 18.5 Å². The Kier molecular flexibility index (Phi) is 4.67. The number of carbonyl (C=O) groups is 1. The van der Waals surface area contributed by atoms with Crippen molar-refractivity contribution in [1.82, 2.24) is 10.3 Å². The molecular formula is C15H18N4O3. The van der Waals surface area contributed by atoms with Crippen molar-refractivity contribution in [2.75, 3.05) is 32.3 Å². The van der Waals surface area contributed by atoms with Gasteiger partial charge in [0.1, 0.15) is 11.4 Å². The summed E-state index contributed by atoms with van der Waals surface area (Å²) in [5, 5.41) is 5.48. The van der Waals surface area contributed by atoms with Gasteiger partial charge in [-0.15, -0.1) is 0 Å². The Hall–Kier alpha value is -2.96. The zero-order valence-corrected chi connectivity index (χ0v) is 12.6. The Morgan fingerprint density at radius 3 is 2.64 bits per heavy atom. The molecule has 0 saturated carbocycles. The molecule has 0 aliphatic carbocycles. The fraction of sp³-hybridized carbons (Fsp3) is 0.200. The Labute approximate surface area is 128 Å². The van der Waals surface area contributed by atoms with E-state index < -0.39 is 0 Å². The highest BCUT2D eigenvalue weighted by Gasteiger charge is 2.12. The lowest BCUT2D eigenvalue weighted by Gasteiger charge is -2.14. The van der Waals surface area contributed by atoms with Crippen LogP contribution in [0.1, 0.15) is 10.5 Å². The van der Waals surface area contributed by atoms with Crippen LogP contribution in [0.2, 0.25) is 0 Å². The number of pyridine rings is 1. The van der Waals surface area contributed by atoms with Gasteiger partial charge < -0.3 is 25.8 Å². The van der Waals surface area contributed by atoms with E-state index in [1.807, 2.05) is 0 Å². The van der Waals surface area contributed by atoms with Gasteiger partial charge in [-0.05, 0) is 6.07 Å². The molecule has 22 heavy (non-hydrogen) atoms. The fourth-order valence-corrected chi connectivity index (χ4v) is 1.89. The number of rotatable bonds is 5. The summed E-state index contributed by atoms with van der Waals surface area (Å²) in [5.41, 5.74) is 7.46. The maximum absolute atomic E-state index is 11.6. The Balaban J connectivity index is 2.34. The van der Waals surface area contributed by atoms with Crippen molar-refractivity contribution in [3.63, 3.8) is 0 Å². The molecule has 0 bridgehead atoms. The number of anilines is 2. The predicted octanol–water partition coefficient (Wildman–Crippen LogP) is 1.87. The highest BCUT2D eigenvalue weighted by atomic mass is 16.5. The number of nitrogens with two attached hydrogens (primary N) is 1. The monoisotopic (exact) mass is 302 g/mol. The molecule has 7 heteroatoms. The highest BCUT2D eigenvalue weighted by molar-refractivity contribution is 5.92. The number of aromatic nitrogens is 1. The molecule has 0 fully saturated rings. The fourth-order valence-electron chi connectivity index (χ4n) is 1.89. The van der Waals surface area contributed by atoms with Crippen molar-refractivity contribution >= 4 is 17.3 Å². The van der Waals surface area contributed by atoms with Crippen molar-refractivity contribution in [2.24, 2.45) is 0 Å². The van der Waals surface area contributed by atoms with Crippen LogP contribution < -0.4 is 25.8 Å². The number of ether oxygens (including phenoxy) is 2. The zero-order valence-electron chi connectivity index (χ0n) is 12.6. The quantitative estimate of drug-likeness (QED) is 0.729. The van der Waals surface area contributed by atoms with E-state index in [0.717, 1.165) is 5.69 Å². The molecule has 4 N–H and O–H groups in total. The maximum atomic E-state index is 11.6. The average molecular weight is 302 g/mol. The molecule has 116 valence electrons. The lowest BCUT2D eigenvalue weighted by atomic mass is 10.2. The molecule has 2 aromatic rings. The summed E-state index contributed by atoms with van der Waals surface area (Å²) in [5.74, 6) is 1.15. The number of nitrogens with zero attached hydrogens (tertiary/aromatic N) is 1. The second-order valence-corrected chi connectivity index (χ2v) is 4.40. The van der Waals surface area contributed by atoms with Crippen LogP contribution >= 0.6 is 0 Å². The van der Waals surface area contributed by atoms with Gasteiger partial charge in [0, 0.05) is 38.5 Å². The van der Waals surface area contributed by atoms with Gasteiger partial charge in [0.2, 0.25) is 0 Å². The van der Waals surface area contributed by atoms with E-state index in [1.54, 1.807) is 38.4 Å². The summed E-state index contributed by atoms with van der Waals surface area (Å²) in [6.07, 6.45) is 1.50. The Morgan fingerprint density at radius 2 is 2.00 bits per heavy atom. The van der Waals surface area contributed by atoms with Gasteiger partial charge in [-0.25, -0.2) is 0 Å². The van der Waals surface area contributed by atoms with Crippen LogP contribution in [0.3, 0.4) is 0 Å². The van der Waals surface area contributed by atoms with E-state index in [0.29, 0.717) is 22.9 Å². The third kappa shape index (κ3) is 3.20. The van der Waals surface area contributed by atoms with Crippen molar-refractivity contribution in [3.05, 3.63) is 36.2 Å². The van der Waals surface area contributed by atoms with Gasteiger partial charge in [0.25, 0.3) is 5.91 Å². The SMILES string of the molecule is CNC(=O)c1cc(Oc2cc(N)c(NC)cc2OC)ccn1. The molecule has 0 aliphatic heterocycles. The normalized spacial score (nSPS) is 9.95. The molecule has 2 rings (SSSR count). The molecule has 0 radical (unpaired) electrons. The summed E-state index contributed by atoms with van der Waals surface area (Å²) in [4.78, 5) is 15.6. The van der Waals surface area contributed by atoms with Crippen LogP contribution in [-0.2, 0) is 0 Å². The second-order valence-electron chi connectivity index (χ2n) is 4.40. The van der Waals surface area contributed by atoms with Crippen molar-refractivity contribution < 1.29 is 14.3 Å². The standard InChI is InChI=1S/C15H18N4O3/c1-17-11-8-13(21-3)14(7-10(11)16)22-9-4-5-19-12(6-9)15(20)18-2/h4-8,17H,16H2,1-3H3,(H,18,20). The Bertz CT molecular complexity index is 688. The summed E-state index contributed by atoms with van der Waals surface area (Å²) in [6, 6.07) is 6.59. The van der Waals surface area contributed by atoms with Crippen LogP contribution in [0, 0.1) is 0 Å². The summed E-state index contributed by atoms with van der Waals surface area (Å²) >= 11 is 0. The number of carbonyl (C=O) groups excluding carboxylic acids is 1. The third-order valence-corrected chi connectivity index (χ3v) is 3.02. The number of benzene rings is 1. The number of methoxy groups -OCH3 is 1. The first-order chi connectivity index (χ1) is 10.6. The third-order valence-electron chi connectivity index (χ3n) is 3.02. The van der Waals surface area contributed by atoms with Crippen LogP contribution in [0.25, 0.3) is 0 Å². The van der Waals surface area contributed by atoms with Crippen LogP contribution in [-0.4, -0.2) is 32.1 Å². The largest absolute Gasteiger partial charge is 0.493 e. The molecule has 1 aromatic carbocycles. The predicted molar refractivity (Wildman–Crippen MR) is 84.7 cm³/mol. The molecule has 0 saturated heterocycles. The number of nitrogens with one attached hydrogen (secondary N) is 2. The first-order valence-electron chi connectivity index (χ1n) is 6.60. The van der Waals surface area contributed by atoms with Crippen molar-refractivity contribution in [1.29, 1.82) is 0 Å². The minimum absolute atomic E-state index is 0.263. The van der Waals surface area contributed by atoms with E-state index >= 15 is 0 Å². The lowest BCUT2D eigenvalue weighted by Crippen LogP contribution is -2.18. The van der Waals surface area contributed by atoms with Crippen LogP contribution in [0.15, 0.2) is 30.5 Å². The summed E-state index contributed by atoms with van der Waals surface area (Å²) in [6.45, 7) is 0. The first-order valence-corrected chi connectivity index (χ1v) is 6.60. The minimum atomic E-state index is -0.289. The minimum Gasteiger partial charge on any atom is -0.493 e. The molecule has 1 heterocycles. The van der Waals surface area contributed by atoms with Gasteiger partial charge in [-0.3, -0.25) is 9.78 Å². The molecule has 0 atom stereocenters. The number of amides is 1. The van der Waals surface area contributed by atoms with E-state index in [2.05, 4.69) is 15.6 Å². The summed E-state index contributed by atoms with van der Waals surface area (Å²) < 4.78 is 11.1. The van der Waals surface area contributed by atoms with E-state index in [4.69, 9.17) is 15.2 Å². The topological polar surface area (TPSA) is 98.5 Å². The molecule has 0 aliphatic rings. The van der Waals surface area contributed by atoms with Gasteiger partial charge in [-0.2, -0.15) is 0 Å². The Morgan fingerprint density at radius 1 is 1.23 bits per heavy atom. The molecular weight excluding hydrogens is 284 g/mol. The second kappa shape index (κ2) is 6.66. The zero-order chi connectivity index (χ0) is 16.1. The number of hydrogen-bond acceptors (Lipinski definition) is 6. The summed E-state index contributed by atoms with van der Waals surface area (Å²) in [7, 11) is 4.85. The average Bonchev–Trinajstić information content (AvgIpc) is 2.54. The van der Waals surface area contributed by atoms with E-state index in [1.165, 1.54) is 13.2 Å². The molecule has 1 aromatic heterocycles. The molecule has 1 amide bonds. The molecule has 7 nitrogen and oxygen atoms in total. The number of nitrogen functional groups attached to an aromatic ring is 1. The van der Waals surface area contributed by atoms with Crippen LogP contribution in [0.5, 0.6) is 17.2 Å². The number of hydrogen-bond donors (Lipinski definition) is 3. The van der Waals surface area contributed by atoms with Gasteiger partial charge in [-0.1, -0.05) is 0 Å². The van der Waals surface area contributed by atoms with Crippen LogP contribution in [0.4, 0.5) is 11.4 Å². The van der Waals surface area contributed by atoms with Gasteiger partial charge in [0.15, 0.2) is 11.5 Å².